The topological polar surface area (TPSA) is 114 Å². The summed E-state index contributed by atoms with van der Waals surface area (Å²) in [7, 11) is 0. The number of hydrogen-bond acceptors (Lipinski definition) is 7. The lowest BCUT2D eigenvalue weighted by Crippen LogP contribution is -2.33. The Labute approximate surface area is 262 Å². The second kappa shape index (κ2) is 15.0. The average molecular weight is 647 g/mol. The summed E-state index contributed by atoms with van der Waals surface area (Å²) in [6, 6.07) is 20.4. The number of hydrogen-bond donors (Lipinski definition) is 2. The number of rotatable bonds is 15. The molecule has 236 valence electrons. The van der Waals surface area contributed by atoms with Crippen LogP contribution in [-0.2, 0) is 17.5 Å². The highest BCUT2D eigenvalue weighted by molar-refractivity contribution is 7.79. The standard InChI is InChI=1S/C32H37F3N4O3S2/c1-31(2,32(33,34)35)18-20-42-24-14-9-13-23(21-24)29-28(39-30(36)43-29)25-15-7-6-12-22(25)11-5-3-4-8-19-37-26-16-10-17-27(38-26)44(40)41/h6-7,9-10,12-17,21H,3-5,8,11,18-20H2,1-2H3,(H2,36,39)(H,37,38)(H,40,41). The third kappa shape index (κ3) is 9.02. The Balaban J connectivity index is 1.35. The first kappa shape index (κ1) is 33.4. The lowest BCUT2D eigenvalue weighted by molar-refractivity contribution is -0.340. The zero-order valence-corrected chi connectivity index (χ0v) is 26.3. The molecule has 0 saturated heterocycles. The van der Waals surface area contributed by atoms with Gasteiger partial charge in [0.15, 0.2) is 5.69 Å². The number of aryl methyl sites for hydroxylation is 1. The first-order valence-corrected chi connectivity index (χ1v) is 16.3. The van der Waals surface area contributed by atoms with Crippen molar-refractivity contribution in [2.24, 2.45) is 5.41 Å². The van der Waals surface area contributed by atoms with Crippen molar-refractivity contribution in [3.8, 4) is 27.4 Å². The van der Waals surface area contributed by atoms with Crippen LogP contribution in [0.5, 0.6) is 5.75 Å². The predicted molar refractivity (Wildman–Crippen MR) is 168 cm³/mol. The van der Waals surface area contributed by atoms with Crippen LogP contribution in [0.25, 0.3) is 21.7 Å². The number of ether oxygens (including phenoxy) is 1. The SMILES string of the molecule is CC(C)(CCOc1cccc(-c2sc(N)[nH+]c2-c2ccccc2CCCCCCNc2cccc(S(=O)[O-])n2)c1)C(F)(F)F. The van der Waals surface area contributed by atoms with Crippen LogP contribution in [0, 0.1) is 5.41 Å². The summed E-state index contributed by atoms with van der Waals surface area (Å²) in [6.45, 7) is 3.02. The van der Waals surface area contributed by atoms with Gasteiger partial charge in [-0.1, -0.05) is 69.2 Å². The molecule has 0 fully saturated rings. The number of aromatic amines is 1. The number of aromatic nitrogens is 2. The summed E-state index contributed by atoms with van der Waals surface area (Å²) in [5.74, 6) is 1.05. The second-order valence-corrected chi connectivity index (χ2v) is 13.1. The lowest BCUT2D eigenvalue weighted by Gasteiger charge is -2.27. The van der Waals surface area contributed by atoms with E-state index in [9.17, 15) is 21.9 Å². The minimum absolute atomic E-state index is 0.0199. The van der Waals surface area contributed by atoms with E-state index in [1.165, 1.54) is 36.8 Å². The van der Waals surface area contributed by atoms with Crippen LogP contribution in [0.3, 0.4) is 0 Å². The van der Waals surface area contributed by atoms with E-state index in [1.54, 1.807) is 18.2 Å². The molecular weight excluding hydrogens is 610 g/mol. The van der Waals surface area contributed by atoms with Gasteiger partial charge in [-0.25, -0.2) is 9.97 Å². The molecule has 0 spiro atoms. The van der Waals surface area contributed by atoms with E-state index in [0.717, 1.165) is 53.8 Å². The molecule has 4 aromatic rings. The van der Waals surface area contributed by atoms with Crippen LogP contribution in [-0.4, -0.2) is 33.1 Å². The molecule has 2 heterocycles. The maximum atomic E-state index is 13.2. The van der Waals surface area contributed by atoms with Gasteiger partial charge >= 0.3 is 11.3 Å². The molecule has 0 aliphatic carbocycles. The predicted octanol–water partition coefficient (Wildman–Crippen LogP) is 7.68. The fourth-order valence-electron chi connectivity index (χ4n) is 4.65. The maximum absolute atomic E-state index is 13.2. The quantitative estimate of drug-likeness (QED) is 0.101. The normalized spacial score (nSPS) is 12.7. The van der Waals surface area contributed by atoms with Crippen LogP contribution in [0.2, 0.25) is 0 Å². The van der Waals surface area contributed by atoms with Crippen molar-refractivity contribution >= 4 is 33.4 Å². The Bertz CT molecular complexity index is 1560. The van der Waals surface area contributed by atoms with Crippen molar-refractivity contribution in [1.29, 1.82) is 0 Å². The Hall–Kier alpha value is -3.48. The van der Waals surface area contributed by atoms with E-state index in [4.69, 9.17) is 10.5 Å². The van der Waals surface area contributed by atoms with Crippen LogP contribution in [0.4, 0.5) is 24.1 Å². The van der Waals surface area contributed by atoms with Gasteiger partial charge in [0, 0.05) is 12.1 Å². The van der Waals surface area contributed by atoms with Crippen LogP contribution >= 0.6 is 11.3 Å². The van der Waals surface area contributed by atoms with Gasteiger partial charge in [0.25, 0.3) is 0 Å². The molecule has 44 heavy (non-hydrogen) atoms. The molecule has 7 nitrogen and oxygen atoms in total. The monoisotopic (exact) mass is 646 g/mol. The van der Waals surface area contributed by atoms with Gasteiger partial charge in [0.1, 0.15) is 16.6 Å². The zero-order chi connectivity index (χ0) is 31.7. The number of alkyl halides is 3. The molecule has 12 heteroatoms. The summed E-state index contributed by atoms with van der Waals surface area (Å²) in [6.07, 6.45) is 0.400. The number of nitrogens with two attached hydrogens (primary N) is 1. The van der Waals surface area contributed by atoms with Crippen molar-refractivity contribution in [2.45, 2.75) is 63.6 Å². The Morgan fingerprint density at radius 2 is 1.77 bits per heavy atom. The van der Waals surface area contributed by atoms with E-state index >= 15 is 0 Å². The molecular formula is C32H37F3N4O3S2. The molecule has 0 aliphatic rings. The molecule has 4 rings (SSSR count). The van der Waals surface area contributed by atoms with Crippen LogP contribution in [0.1, 0.15) is 51.5 Å². The molecule has 0 saturated carbocycles. The summed E-state index contributed by atoms with van der Waals surface area (Å²) >= 11 is -0.930. The van der Waals surface area contributed by atoms with Gasteiger partial charge in [0.2, 0.25) is 0 Å². The van der Waals surface area contributed by atoms with Gasteiger partial charge in [0.05, 0.1) is 16.9 Å². The smallest absolute Gasteiger partial charge is 0.394 e. The van der Waals surface area contributed by atoms with Crippen molar-refractivity contribution in [3.05, 3.63) is 72.3 Å². The summed E-state index contributed by atoms with van der Waals surface area (Å²) in [4.78, 5) is 8.32. The molecule has 0 radical (unpaired) electrons. The number of halogens is 3. The summed E-state index contributed by atoms with van der Waals surface area (Å²) in [5.41, 5.74) is 8.41. The molecule has 0 aliphatic heterocycles. The average Bonchev–Trinajstić information content (AvgIpc) is 3.38. The summed E-state index contributed by atoms with van der Waals surface area (Å²) in [5, 5.41) is 3.75. The maximum Gasteiger partial charge on any atom is 0.394 e. The van der Waals surface area contributed by atoms with Gasteiger partial charge in [-0.15, -0.1) is 0 Å². The van der Waals surface area contributed by atoms with Crippen molar-refractivity contribution in [3.63, 3.8) is 0 Å². The highest BCUT2D eigenvalue weighted by atomic mass is 32.2. The van der Waals surface area contributed by atoms with E-state index in [1.807, 2.05) is 30.3 Å². The van der Waals surface area contributed by atoms with Gasteiger partial charge in [-0.05, 0) is 83.5 Å². The number of nitrogens with one attached hydrogen (secondary N) is 2. The molecule has 2 aromatic carbocycles. The number of pyridine rings is 1. The van der Waals surface area contributed by atoms with Crippen LogP contribution in [0.15, 0.2) is 71.8 Å². The lowest BCUT2D eigenvalue weighted by atomic mass is 9.89. The molecule has 1 unspecified atom stereocenters. The zero-order valence-electron chi connectivity index (χ0n) is 24.7. The number of H-pyrrole nitrogens is 1. The molecule has 1 atom stereocenters. The first-order chi connectivity index (χ1) is 20.9. The molecule has 2 aromatic heterocycles. The Morgan fingerprint density at radius 1 is 1.02 bits per heavy atom. The molecule has 0 bridgehead atoms. The minimum Gasteiger partial charge on any atom is -0.767 e. The second-order valence-electron chi connectivity index (χ2n) is 11.1. The minimum atomic E-state index is -4.29. The van der Waals surface area contributed by atoms with Crippen LogP contribution < -0.4 is 20.8 Å². The number of nitrogen functional groups attached to an aromatic ring is 1. The fourth-order valence-corrected chi connectivity index (χ4v) is 5.89. The molecule has 0 amide bonds. The number of anilines is 2. The highest BCUT2D eigenvalue weighted by Crippen LogP contribution is 2.41. The Morgan fingerprint density at radius 3 is 2.55 bits per heavy atom. The largest absolute Gasteiger partial charge is 0.767 e. The van der Waals surface area contributed by atoms with Crippen molar-refractivity contribution in [2.75, 3.05) is 24.2 Å². The van der Waals surface area contributed by atoms with E-state index in [0.29, 0.717) is 23.2 Å². The highest BCUT2D eigenvalue weighted by Gasteiger charge is 2.46. The van der Waals surface area contributed by atoms with Crippen molar-refractivity contribution < 1.29 is 31.7 Å². The number of unbranched alkanes of at least 4 members (excludes halogenated alkanes) is 3. The van der Waals surface area contributed by atoms with E-state index in [-0.39, 0.29) is 18.1 Å². The Kier molecular flexibility index (Phi) is 11.4. The van der Waals surface area contributed by atoms with E-state index in [2.05, 4.69) is 27.4 Å². The van der Waals surface area contributed by atoms with Crippen molar-refractivity contribution in [1.82, 2.24) is 4.98 Å². The van der Waals surface area contributed by atoms with Gasteiger partial charge in [-0.3, -0.25) is 9.94 Å². The fraction of sp³-hybridized carbons (Fsp3) is 0.375. The third-order valence-electron chi connectivity index (χ3n) is 7.41. The third-order valence-corrected chi connectivity index (χ3v) is 8.94. The molecule has 4 N–H and O–H groups in total. The van der Waals surface area contributed by atoms with Gasteiger partial charge in [-0.2, -0.15) is 13.2 Å². The number of benzene rings is 2. The van der Waals surface area contributed by atoms with E-state index < -0.39 is 22.7 Å². The number of nitrogens with zero attached hydrogens (tertiary/aromatic N) is 1. The first-order valence-electron chi connectivity index (χ1n) is 14.4. The summed E-state index contributed by atoms with van der Waals surface area (Å²) < 4.78 is 67.6. The number of thiazole rings is 1. The van der Waals surface area contributed by atoms with Gasteiger partial charge < -0.3 is 14.6 Å².